The van der Waals surface area contributed by atoms with Gasteiger partial charge in [-0.3, -0.25) is 0 Å². The lowest BCUT2D eigenvalue weighted by molar-refractivity contribution is 0.470. The molecule has 0 bridgehead atoms. The van der Waals surface area contributed by atoms with Crippen LogP contribution in [0.2, 0.25) is 0 Å². The van der Waals surface area contributed by atoms with Crippen LogP contribution in [0, 0.1) is 11.3 Å². The number of anilines is 1. The van der Waals surface area contributed by atoms with Gasteiger partial charge >= 0.3 is 0 Å². The van der Waals surface area contributed by atoms with Gasteiger partial charge in [-0.1, -0.05) is 19.9 Å². The summed E-state index contributed by atoms with van der Waals surface area (Å²) in [7, 11) is 2.06. The molecule has 0 atom stereocenters. The number of rotatable bonds is 7. The molecule has 1 rings (SSSR count). The molecule has 0 heterocycles. The van der Waals surface area contributed by atoms with E-state index in [1.54, 1.807) is 0 Å². The SMILES string of the molecule is CCCNCc1ccc(N(C)C(C)(C)CC)c(C#N)c1. The predicted octanol–water partition coefficient (Wildman–Crippen LogP) is 3.68. The van der Waals surface area contributed by atoms with Crippen LogP contribution in [0.3, 0.4) is 0 Å². The van der Waals surface area contributed by atoms with Crippen molar-refractivity contribution >= 4 is 5.69 Å². The molecule has 0 unspecified atom stereocenters. The highest BCUT2D eigenvalue weighted by atomic mass is 15.2. The molecule has 0 aromatic heterocycles. The van der Waals surface area contributed by atoms with Gasteiger partial charge in [-0.2, -0.15) is 5.26 Å². The number of hydrogen-bond donors (Lipinski definition) is 1. The van der Waals surface area contributed by atoms with Crippen LogP contribution in [0.15, 0.2) is 18.2 Å². The molecule has 1 aromatic carbocycles. The van der Waals surface area contributed by atoms with Gasteiger partial charge in [0.05, 0.1) is 11.3 Å². The highest BCUT2D eigenvalue weighted by molar-refractivity contribution is 5.61. The molecule has 1 aromatic rings. The zero-order valence-electron chi connectivity index (χ0n) is 13.5. The number of benzene rings is 1. The van der Waals surface area contributed by atoms with Crippen molar-refractivity contribution in [3.8, 4) is 6.07 Å². The van der Waals surface area contributed by atoms with Gasteiger partial charge in [-0.15, -0.1) is 0 Å². The van der Waals surface area contributed by atoms with Gasteiger partial charge in [0.25, 0.3) is 0 Å². The van der Waals surface area contributed by atoms with Crippen LogP contribution in [-0.4, -0.2) is 19.1 Å². The smallest absolute Gasteiger partial charge is 0.101 e. The van der Waals surface area contributed by atoms with Crippen molar-refractivity contribution in [2.24, 2.45) is 0 Å². The summed E-state index contributed by atoms with van der Waals surface area (Å²) in [4.78, 5) is 2.20. The lowest BCUT2D eigenvalue weighted by atomic mass is 9.97. The van der Waals surface area contributed by atoms with Gasteiger partial charge < -0.3 is 10.2 Å². The molecule has 110 valence electrons. The fraction of sp³-hybridized carbons (Fsp3) is 0.588. The third-order valence-electron chi connectivity index (χ3n) is 4.07. The van der Waals surface area contributed by atoms with E-state index < -0.39 is 0 Å². The fourth-order valence-corrected chi connectivity index (χ4v) is 2.05. The van der Waals surface area contributed by atoms with E-state index in [4.69, 9.17) is 0 Å². The number of hydrogen-bond acceptors (Lipinski definition) is 3. The quantitative estimate of drug-likeness (QED) is 0.770. The second-order valence-electron chi connectivity index (χ2n) is 5.87. The van der Waals surface area contributed by atoms with Crippen molar-refractivity contribution in [1.29, 1.82) is 5.26 Å². The molecule has 3 nitrogen and oxygen atoms in total. The van der Waals surface area contributed by atoms with E-state index in [1.165, 1.54) is 5.56 Å². The van der Waals surface area contributed by atoms with Crippen molar-refractivity contribution in [3.63, 3.8) is 0 Å². The van der Waals surface area contributed by atoms with Gasteiger partial charge in [0, 0.05) is 19.1 Å². The molecule has 0 aliphatic rings. The predicted molar refractivity (Wildman–Crippen MR) is 85.9 cm³/mol. The first-order valence-electron chi connectivity index (χ1n) is 7.43. The molecular formula is C17H27N3. The fourth-order valence-electron chi connectivity index (χ4n) is 2.05. The highest BCUT2D eigenvalue weighted by Crippen LogP contribution is 2.28. The summed E-state index contributed by atoms with van der Waals surface area (Å²) in [5, 5.41) is 12.8. The number of nitrogens with one attached hydrogen (secondary N) is 1. The molecular weight excluding hydrogens is 246 g/mol. The van der Waals surface area contributed by atoms with Crippen LogP contribution in [0.4, 0.5) is 5.69 Å². The molecule has 0 aliphatic carbocycles. The zero-order valence-corrected chi connectivity index (χ0v) is 13.5. The van der Waals surface area contributed by atoms with Crippen molar-refractivity contribution in [1.82, 2.24) is 5.32 Å². The van der Waals surface area contributed by atoms with Crippen LogP contribution >= 0.6 is 0 Å². The maximum atomic E-state index is 9.40. The molecule has 0 spiro atoms. The molecule has 0 saturated heterocycles. The monoisotopic (exact) mass is 273 g/mol. The Bertz CT molecular complexity index is 472. The Labute approximate surface area is 123 Å². The van der Waals surface area contributed by atoms with E-state index >= 15 is 0 Å². The summed E-state index contributed by atoms with van der Waals surface area (Å²) < 4.78 is 0. The summed E-state index contributed by atoms with van der Waals surface area (Å²) in [6.45, 7) is 10.6. The number of nitrogens with zero attached hydrogens (tertiary/aromatic N) is 2. The van der Waals surface area contributed by atoms with Gasteiger partial charge in [-0.05, 0) is 50.9 Å². The van der Waals surface area contributed by atoms with Gasteiger partial charge in [0.15, 0.2) is 0 Å². The van der Waals surface area contributed by atoms with E-state index in [1.807, 2.05) is 6.07 Å². The first-order chi connectivity index (χ1) is 9.46. The molecule has 0 aliphatic heterocycles. The minimum absolute atomic E-state index is 0.0492. The maximum Gasteiger partial charge on any atom is 0.101 e. The Morgan fingerprint density at radius 2 is 2.00 bits per heavy atom. The second kappa shape index (κ2) is 7.31. The van der Waals surface area contributed by atoms with E-state index in [0.717, 1.165) is 37.2 Å². The van der Waals surface area contributed by atoms with E-state index in [0.29, 0.717) is 0 Å². The summed E-state index contributed by atoms with van der Waals surface area (Å²) in [6, 6.07) is 8.51. The maximum absolute atomic E-state index is 9.40. The zero-order chi connectivity index (χ0) is 15.2. The Morgan fingerprint density at radius 3 is 2.55 bits per heavy atom. The van der Waals surface area contributed by atoms with Gasteiger partial charge in [0.1, 0.15) is 6.07 Å². The van der Waals surface area contributed by atoms with Gasteiger partial charge in [-0.25, -0.2) is 0 Å². The summed E-state index contributed by atoms with van der Waals surface area (Å²) in [6.07, 6.45) is 2.16. The standard InChI is InChI=1S/C17H27N3/c1-6-10-19-13-14-8-9-16(15(11-14)12-18)20(5)17(3,4)7-2/h8-9,11,19H,6-7,10,13H2,1-5H3. The molecule has 1 N–H and O–H groups in total. The van der Waals surface area contributed by atoms with Crippen LogP contribution in [0.5, 0.6) is 0 Å². The van der Waals surface area contributed by atoms with Crippen LogP contribution < -0.4 is 10.2 Å². The van der Waals surface area contributed by atoms with Crippen LogP contribution in [0.25, 0.3) is 0 Å². The summed E-state index contributed by atoms with van der Waals surface area (Å²) in [5.74, 6) is 0. The highest BCUT2D eigenvalue weighted by Gasteiger charge is 2.23. The summed E-state index contributed by atoms with van der Waals surface area (Å²) >= 11 is 0. The molecule has 0 radical (unpaired) electrons. The molecule has 0 amide bonds. The molecule has 3 heteroatoms. The average molecular weight is 273 g/mol. The first kappa shape index (κ1) is 16.5. The Kier molecular flexibility index (Phi) is 6.04. The van der Waals surface area contributed by atoms with Crippen molar-refractivity contribution in [2.75, 3.05) is 18.5 Å². The van der Waals surface area contributed by atoms with Crippen LogP contribution in [0.1, 0.15) is 51.7 Å². The minimum Gasteiger partial charge on any atom is -0.368 e. The van der Waals surface area contributed by atoms with Crippen molar-refractivity contribution in [2.45, 2.75) is 52.6 Å². The Balaban J connectivity index is 2.97. The Hall–Kier alpha value is -1.53. The largest absolute Gasteiger partial charge is 0.368 e. The Morgan fingerprint density at radius 1 is 1.30 bits per heavy atom. The normalized spacial score (nSPS) is 11.2. The minimum atomic E-state index is 0.0492. The van der Waals surface area contributed by atoms with E-state index in [9.17, 15) is 5.26 Å². The topological polar surface area (TPSA) is 39.1 Å². The molecule has 0 saturated carbocycles. The van der Waals surface area contributed by atoms with Crippen molar-refractivity contribution < 1.29 is 0 Å². The van der Waals surface area contributed by atoms with Gasteiger partial charge in [0.2, 0.25) is 0 Å². The average Bonchev–Trinajstić information content (AvgIpc) is 2.46. The lowest BCUT2D eigenvalue weighted by Crippen LogP contribution is -2.41. The third-order valence-corrected chi connectivity index (χ3v) is 4.07. The molecule has 0 fully saturated rings. The number of nitriles is 1. The van der Waals surface area contributed by atoms with E-state index in [-0.39, 0.29) is 5.54 Å². The van der Waals surface area contributed by atoms with E-state index in [2.05, 4.69) is 63.2 Å². The summed E-state index contributed by atoms with van der Waals surface area (Å²) in [5.41, 5.74) is 2.98. The van der Waals surface area contributed by atoms with Crippen LogP contribution in [-0.2, 0) is 6.54 Å². The van der Waals surface area contributed by atoms with Crippen molar-refractivity contribution in [3.05, 3.63) is 29.3 Å². The third kappa shape index (κ3) is 3.98. The lowest BCUT2D eigenvalue weighted by Gasteiger charge is -2.37. The molecule has 20 heavy (non-hydrogen) atoms. The first-order valence-corrected chi connectivity index (χ1v) is 7.43. The second-order valence-corrected chi connectivity index (χ2v) is 5.87.